The van der Waals surface area contributed by atoms with E-state index in [-0.39, 0.29) is 5.75 Å². The zero-order chi connectivity index (χ0) is 11.3. The second-order valence-electron chi connectivity index (χ2n) is 3.47. The van der Waals surface area contributed by atoms with Crippen LogP contribution >= 0.6 is 0 Å². The highest BCUT2D eigenvalue weighted by atomic mass is 16.5. The Labute approximate surface area is 89.5 Å². The van der Waals surface area contributed by atoms with Crippen LogP contribution in [-0.4, -0.2) is 30.0 Å². The molecule has 0 bridgehead atoms. The predicted molar refractivity (Wildman–Crippen MR) is 58.0 cm³/mol. The number of phenolic OH excluding ortho intramolecular Hbond substituents is 1. The highest BCUT2D eigenvalue weighted by molar-refractivity contribution is 5.39. The fourth-order valence-electron chi connectivity index (χ4n) is 1.25. The standard InChI is InChI=1S/C11H17NO3/c1-8(13)6-12-7-9-5-10(15-2)3-4-11(9)14/h3-5,8,12-14H,6-7H2,1-2H3/t8-/m0/s1. The van der Waals surface area contributed by atoms with Gasteiger partial charge < -0.3 is 20.3 Å². The van der Waals surface area contributed by atoms with E-state index in [4.69, 9.17) is 9.84 Å². The Balaban J connectivity index is 2.59. The molecule has 4 nitrogen and oxygen atoms in total. The quantitative estimate of drug-likeness (QED) is 0.676. The molecule has 0 aliphatic heterocycles. The molecule has 0 fully saturated rings. The highest BCUT2D eigenvalue weighted by Gasteiger charge is 2.03. The van der Waals surface area contributed by atoms with E-state index in [9.17, 15) is 5.11 Å². The van der Waals surface area contributed by atoms with Crippen molar-refractivity contribution in [1.29, 1.82) is 0 Å². The number of aromatic hydroxyl groups is 1. The van der Waals surface area contributed by atoms with Crippen molar-refractivity contribution < 1.29 is 14.9 Å². The number of benzene rings is 1. The van der Waals surface area contributed by atoms with Crippen LogP contribution in [-0.2, 0) is 6.54 Å². The SMILES string of the molecule is COc1ccc(O)c(CNC[C@H](C)O)c1. The minimum absolute atomic E-state index is 0.230. The largest absolute Gasteiger partial charge is 0.508 e. The lowest BCUT2D eigenvalue weighted by molar-refractivity contribution is 0.191. The molecule has 1 aromatic rings. The van der Waals surface area contributed by atoms with Crippen molar-refractivity contribution in [2.24, 2.45) is 0 Å². The van der Waals surface area contributed by atoms with Gasteiger partial charge in [0.25, 0.3) is 0 Å². The summed E-state index contributed by atoms with van der Waals surface area (Å²) in [4.78, 5) is 0. The van der Waals surface area contributed by atoms with Gasteiger partial charge >= 0.3 is 0 Å². The van der Waals surface area contributed by atoms with Crippen molar-refractivity contribution in [2.75, 3.05) is 13.7 Å². The molecule has 15 heavy (non-hydrogen) atoms. The molecule has 3 N–H and O–H groups in total. The Kier molecular flexibility index (Phi) is 4.39. The molecule has 0 radical (unpaired) electrons. The lowest BCUT2D eigenvalue weighted by atomic mass is 10.2. The molecule has 0 saturated heterocycles. The maximum absolute atomic E-state index is 9.54. The zero-order valence-electron chi connectivity index (χ0n) is 9.03. The van der Waals surface area contributed by atoms with Crippen LogP contribution in [0.4, 0.5) is 0 Å². The number of hydrogen-bond acceptors (Lipinski definition) is 4. The number of ether oxygens (including phenoxy) is 1. The van der Waals surface area contributed by atoms with Gasteiger partial charge in [-0.05, 0) is 25.1 Å². The minimum Gasteiger partial charge on any atom is -0.508 e. The van der Waals surface area contributed by atoms with Gasteiger partial charge in [0.05, 0.1) is 13.2 Å². The van der Waals surface area contributed by atoms with Crippen LogP contribution < -0.4 is 10.1 Å². The second kappa shape index (κ2) is 5.58. The first-order valence-electron chi connectivity index (χ1n) is 4.88. The van der Waals surface area contributed by atoms with Crippen molar-refractivity contribution in [3.63, 3.8) is 0 Å². The first-order chi connectivity index (χ1) is 7.13. The summed E-state index contributed by atoms with van der Waals surface area (Å²) < 4.78 is 5.05. The van der Waals surface area contributed by atoms with Crippen LogP contribution in [0.5, 0.6) is 11.5 Å². The number of phenols is 1. The summed E-state index contributed by atoms with van der Waals surface area (Å²) in [7, 11) is 1.58. The second-order valence-corrected chi connectivity index (χ2v) is 3.47. The molecule has 0 aromatic heterocycles. The van der Waals surface area contributed by atoms with Gasteiger partial charge in [-0.2, -0.15) is 0 Å². The number of aliphatic hydroxyl groups is 1. The van der Waals surface area contributed by atoms with Gasteiger partial charge in [0, 0.05) is 18.7 Å². The highest BCUT2D eigenvalue weighted by Crippen LogP contribution is 2.22. The average molecular weight is 211 g/mol. The van der Waals surface area contributed by atoms with Gasteiger partial charge in [0.2, 0.25) is 0 Å². The van der Waals surface area contributed by atoms with Gasteiger partial charge in [0.1, 0.15) is 11.5 Å². The number of rotatable bonds is 5. The van der Waals surface area contributed by atoms with E-state index in [0.717, 1.165) is 5.56 Å². The van der Waals surface area contributed by atoms with E-state index in [1.165, 1.54) is 0 Å². The summed E-state index contributed by atoms with van der Waals surface area (Å²) in [6.07, 6.45) is -0.391. The molecule has 4 heteroatoms. The summed E-state index contributed by atoms with van der Waals surface area (Å²) in [5, 5.41) is 21.6. The van der Waals surface area contributed by atoms with Crippen molar-refractivity contribution >= 4 is 0 Å². The van der Waals surface area contributed by atoms with Crippen LogP contribution in [0.1, 0.15) is 12.5 Å². The fourth-order valence-corrected chi connectivity index (χ4v) is 1.25. The predicted octanol–water partition coefficient (Wildman–Crippen LogP) is 0.871. The molecule has 0 aliphatic rings. The lowest BCUT2D eigenvalue weighted by Gasteiger charge is -2.09. The minimum atomic E-state index is -0.391. The normalized spacial score (nSPS) is 12.5. The average Bonchev–Trinajstić information content (AvgIpc) is 2.20. The smallest absolute Gasteiger partial charge is 0.120 e. The van der Waals surface area contributed by atoms with Crippen LogP contribution in [0.2, 0.25) is 0 Å². The van der Waals surface area contributed by atoms with Crippen LogP contribution in [0, 0.1) is 0 Å². The van der Waals surface area contributed by atoms with Gasteiger partial charge in [0.15, 0.2) is 0 Å². The van der Waals surface area contributed by atoms with E-state index in [1.54, 1.807) is 32.2 Å². The maximum Gasteiger partial charge on any atom is 0.120 e. The van der Waals surface area contributed by atoms with E-state index in [0.29, 0.717) is 18.8 Å². The lowest BCUT2D eigenvalue weighted by Crippen LogP contribution is -2.23. The molecule has 0 amide bonds. The van der Waals surface area contributed by atoms with Crippen molar-refractivity contribution in [2.45, 2.75) is 19.6 Å². The molecule has 0 saturated carbocycles. The van der Waals surface area contributed by atoms with E-state index in [2.05, 4.69) is 5.32 Å². The fraction of sp³-hybridized carbons (Fsp3) is 0.455. The number of aliphatic hydroxyl groups excluding tert-OH is 1. The van der Waals surface area contributed by atoms with Gasteiger partial charge in [-0.3, -0.25) is 0 Å². The third-order valence-electron chi connectivity index (χ3n) is 2.04. The van der Waals surface area contributed by atoms with Gasteiger partial charge in [-0.15, -0.1) is 0 Å². The van der Waals surface area contributed by atoms with E-state index >= 15 is 0 Å². The summed E-state index contributed by atoms with van der Waals surface area (Å²) in [5.74, 6) is 0.940. The van der Waals surface area contributed by atoms with Crippen molar-refractivity contribution in [1.82, 2.24) is 5.32 Å². The van der Waals surface area contributed by atoms with Crippen LogP contribution in [0.25, 0.3) is 0 Å². The zero-order valence-corrected chi connectivity index (χ0v) is 9.03. The first-order valence-corrected chi connectivity index (χ1v) is 4.88. The molecule has 84 valence electrons. The molecular formula is C11H17NO3. The Morgan fingerprint density at radius 3 is 2.80 bits per heavy atom. The molecule has 0 spiro atoms. The Bertz CT molecular complexity index is 313. The van der Waals surface area contributed by atoms with Crippen LogP contribution in [0.15, 0.2) is 18.2 Å². The van der Waals surface area contributed by atoms with Crippen molar-refractivity contribution in [3.05, 3.63) is 23.8 Å². The first kappa shape index (κ1) is 11.8. The molecule has 0 heterocycles. The van der Waals surface area contributed by atoms with Crippen molar-refractivity contribution in [3.8, 4) is 11.5 Å². The van der Waals surface area contributed by atoms with Crippen LogP contribution in [0.3, 0.4) is 0 Å². The third kappa shape index (κ3) is 3.77. The number of methoxy groups -OCH3 is 1. The number of hydrogen-bond donors (Lipinski definition) is 3. The Morgan fingerprint density at radius 2 is 2.20 bits per heavy atom. The summed E-state index contributed by atoms with van der Waals surface area (Å²) in [6.45, 7) is 2.71. The van der Waals surface area contributed by atoms with Gasteiger partial charge in [-0.1, -0.05) is 0 Å². The summed E-state index contributed by atoms with van der Waals surface area (Å²) in [5.41, 5.74) is 0.759. The van der Waals surface area contributed by atoms with Gasteiger partial charge in [-0.25, -0.2) is 0 Å². The molecule has 0 unspecified atom stereocenters. The molecule has 1 rings (SSSR count). The summed E-state index contributed by atoms with van der Waals surface area (Å²) >= 11 is 0. The maximum atomic E-state index is 9.54. The monoisotopic (exact) mass is 211 g/mol. The van der Waals surface area contributed by atoms with E-state index < -0.39 is 6.10 Å². The number of nitrogens with one attached hydrogen (secondary N) is 1. The topological polar surface area (TPSA) is 61.7 Å². The Hall–Kier alpha value is -1.26. The van der Waals surface area contributed by atoms with E-state index in [1.807, 2.05) is 0 Å². The molecule has 1 atom stereocenters. The molecule has 0 aliphatic carbocycles. The summed E-state index contributed by atoms with van der Waals surface area (Å²) in [6, 6.07) is 5.07. The Morgan fingerprint density at radius 1 is 1.47 bits per heavy atom. The third-order valence-corrected chi connectivity index (χ3v) is 2.04. The molecular weight excluding hydrogens is 194 g/mol. The molecule has 1 aromatic carbocycles.